The summed E-state index contributed by atoms with van der Waals surface area (Å²) in [5, 5.41) is 6.08. The van der Waals surface area contributed by atoms with Crippen molar-refractivity contribution >= 4 is 17.6 Å². The number of hydrogen-bond donors (Lipinski definition) is 2. The molecule has 0 spiro atoms. The Kier molecular flexibility index (Phi) is 8.05. The molecule has 0 bridgehead atoms. The van der Waals surface area contributed by atoms with E-state index in [1.165, 1.54) is 7.11 Å². The van der Waals surface area contributed by atoms with Crippen LogP contribution in [0.4, 0.5) is 5.69 Å². The van der Waals surface area contributed by atoms with Crippen molar-refractivity contribution < 1.29 is 28.5 Å². The molecule has 2 aromatic rings. The lowest BCUT2D eigenvalue weighted by atomic mass is 10.2. The third-order valence-corrected chi connectivity index (χ3v) is 5.47. The largest absolute Gasteiger partial charge is 0.493 e. The third kappa shape index (κ3) is 6.09. The van der Waals surface area contributed by atoms with Gasteiger partial charge in [-0.05, 0) is 30.3 Å². The molecule has 0 aromatic heterocycles. The van der Waals surface area contributed by atoms with E-state index >= 15 is 0 Å². The van der Waals surface area contributed by atoms with Gasteiger partial charge in [-0.3, -0.25) is 20.0 Å². The highest BCUT2D eigenvalue weighted by Crippen LogP contribution is 2.32. The number of fused-ring (bicyclic) bond motifs is 1. The number of ether oxygens (including phenoxy) is 5. The maximum Gasteiger partial charge on any atom is 0.258 e. The van der Waals surface area contributed by atoms with Crippen molar-refractivity contribution in [3.63, 3.8) is 0 Å². The SMILES string of the molecule is COc1ccc(C(=O)NC(=NCCN2CCOCC2)Nc2ccc3c(c2)OCCO3)cc1OC. The Bertz CT molecular complexity index is 1020. The first-order valence-electron chi connectivity index (χ1n) is 11.2. The molecule has 10 nitrogen and oxygen atoms in total. The van der Waals surface area contributed by atoms with Crippen LogP contribution < -0.4 is 29.6 Å². The van der Waals surface area contributed by atoms with Gasteiger partial charge in [-0.15, -0.1) is 0 Å². The van der Waals surface area contributed by atoms with Gasteiger partial charge in [0, 0.05) is 37.0 Å². The second-order valence-corrected chi connectivity index (χ2v) is 7.69. The van der Waals surface area contributed by atoms with Gasteiger partial charge < -0.3 is 29.0 Å². The molecule has 1 saturated heterocycles. The van der Waals surface area contributed by atoms with Crippen molar-refractivity contribution in [1.29, 1.82) is 0 Å². The second kappa shape index (κ2) is 11.6. The van der Waals surface area contributed by atoms with Crippen LogP contribution >= 0.6 is 0 Å². The molecule has 0 saturated carbocycles. The minimum absolute atomic E-state index is 0.323. The van der Waals surface area contributed by atoms with Gasteiger partial charge in [0.05, 0.1) is 34.0 Å². The summed E-state index contributed by atoms with van der Waals surface area (Å²) in [5.74, 6) is 2.38. The van der Waals surface area contributed by atoms with Crippen molar-refractivity contribution in [2.24, 2.45) is 4.99 Å². The Labute approximate surface area is 198 Å². The fourth-order valence-electron chi connectivity index (χ4n) is 3.65. The van der Waals surface area contributed by atoms with Crippen molar-refractivity contribution in [1.82, 2.24) is 10.2 Å². The monoisotopic (exact) mass is 470 g/mol. The summed E-state index contributed by atoms with van der Waals surface area (Å²) in [6.07, 6.45) is 0. The molecule has 0 radical (unpaired) electrons. The van der Waals surface area contributed by atoms with Crippen LogP contribution in [0.25, 0.3) is 0 Å². The van der Waals surface area contributed by atoms with Gasteiger partial charge in [-0.1, -0.05) is 0 Å². The maximum absolute atomic E-state index is 13.0. The zero-order valence-corrected chi connectivity index (χ0v) is 19.5. The maximum atomic E-state index is 13.0. The van der Waals surface area contributed by atoms with E-state index in [-0.39, 0.29) is 5.91 Å². The highest BCUT2D eigenvalue weighted by molar-refractivity contribution is 6.10. The fourth-order valence-corrected chi connectivity index (χ4v) is 3.65. The predicted octanol–water partition coefficient (Wildman–Crippen LogP) is 2.01. The zero-order valence-electron chi connectivity index (χ0n) is 19.5. The molecule has 0 unspecified atom stereocenters. The number of carbonyl (C=O) groups is 1. The molecule has 10 heteroatoms. The lowest BCUT2D eigenvalue weighted by Crippen LogP contribution is -2.39. The number of guanidine groups is 1. The van der Waals surface area contributed by atoms with Gasteiger partial charge in [0.2, 0.25) is 5.96 Å². The van der Waals surface area contributed by atoms with E-state index in [1.807, 2.05) is 18.2 Å². The zero-order chi connectivity index (χ0) is 23.8. The van der Waals surface area contributed by atoms with Crippen LogP contribution in [0.1, 0.15) is 10.4 Å². The van der Waals surface area contributed by atoms with E-state index < -0.39 is 0 Å². The molecule has 34 heavy (non-hydrogen) atoms. The van der Waals surface area contributed by atoms with Gasteiger partial charge in [0.15, 0.2) is 23.0 Å². The van der Waals surface area contributed by atoms with Gasteiger partial charge in [-0.2, -0.15) is 0 Å². The third-order valence-electron chi connectivity index (χ3n) is 5.47. The van der Waals surface area contributed by atoms with Crippen LogP contribution in [-0.4, -0.2) is 83.6 Å². The average Bonchev–Trinajstić information content (AvgIpc) is 2.88. The van der Waals surface area contributed by atoms with Gasteiger partial charge in [0.25, 0.3) is 5.91 Å². The summed E-state index contributed by atoms with van der Waals surface area (Å²) in [6, 6.07) is 10.5. The number of methoxy groups -OCH3 is 2. The van der Waals surface area contributed by atoms with Crippen molar-refractivity contribution in [3.8, 4) is 23.0 Å². The van der Waals surface area contributed by atoms with Crippen LogP contribution in [-0.2, 0) is 4.74 Å². The highest BCUT2D eigenvalue weighted by atomic mass is 16.6. The van der Waals surface area contributed by atoms with Crippen LogP contribution in [0.2, 0.25) is 0 Å². The van der Waals surface area contributed by atoms with E-state index in [0.29, 0.717) is 54.3 Å². The summed E-state index contributed by atoms with van der Waals surface area (Å²) in [4.78, 5) is 19.9. The Morgan fingerprint density at radius 1 is 0.971 bits per heavy atom. The number of amides is 1. The number of nitrogens with one attached hydrogen (secondary N) is 2. The topological polar surface area (TPSA) is 103 Å². The summed E-state index contributed by atoms with van der Waals surface area (Å²) < 4.78 is 27.2. The standard InChI is InChI=1S/C24H30N4O6/c1-30-19-5-3-17(15-21(19)31-2)23(29)27-24(25-7-8-28-9-11-32-12-10-28)26-18-4-6-20-22(16-18)34-14-13-33-20/h3-6,15-16H,7-14H2,1-2H3,(H2,25,26,27,29). The summed E-state index contributed by atoms with van der Waals surface area (Å²) >= 11 is 0. The molecule has 1 fully saturated rings. The van der Waals surface area contributed by atoms with E-state index in [4.69, 9.17) is 23.7 Å². The number of rotatable bonds is 7. The molecular formula is C24H30N4O6. The van der Waals surface area contributed by atoms with Gasteiger partial charge >= 0.3 is 0 Å². The van der Waals surface area contributed by atoms with Crippen molar-refractivity contribution in [2.45, 2.75) is 0 Å². The van der Waals surface area contributed by atoms with E-state index in [0.717, 1.165) is 38.5 Å². The number of aliphatic imine (C=N–C) groups is 1. The molecule has 4 rings (SSSR count). The molecule has 1 amide bonds. The quantitative estimate of drug-likeness (QED) is 0.468. The van der Waals surface area contributed by atoms with Crippen molar-refractivity contribution in [2.75, 3.05) is 72.1 Å². The molecular weight excluding hydrogens is 440 g/mol. The van der Waals surface area contributed by atoms with E-state index in [9.17, 15) is 4.79 Å². The number of morpholine rings is 1. The van der Waals surface area contributed by atoms with Crippen LogP contribution in [0.3, 0.4) is 0 Å². The first-order chi connectivity index (χ1) is 16.7. The minimum Gasteiger partial charge on any atom is -0.493 e. The minimum atomic E-state index is -0.323. The average molecular weight is 471 g/mol. The van der Waals surface area contributed by atoms with Gasteiger partial charge in [0.1, 0.15) is 13.2 Å². The summed E-state index contributed by atoms with van der Waals surface area (Å²) in [5.41, 5.74) is 1.14. The molecule has 2 aliphatic heterocycles. The fraction of sp³-hybridized carbons (Fsp3) is 0.417. The smallest absolute Gasteiger partial charge is 0.258 e. The number of anilines is 1. The normalized spacial score (nSPS) is 16.0. The number of hydrogen-bond acceptors (Lipinski definition) is 8. The second-order valence-electron chi connectivity index (χ2n) is 7.69. The first kappa shape index (κ1) is 23.7. The lowest BCUT2D eigenvalue weighted by molar-refractivity contribution is 0.0394. The molecule has 2 heterocycles. The lowest BCUT2D eigenvalue weighted by Gasteiger charge is -2.25. The number of nitrogens with zero attached hydrogens (tertiary/aromatic N) is 2. The van der Waals surface area contributed by atoms with E-state index in [1.54, 1.807) is 25.3 Å². The van der Waals surface area contributed by atoms with Crippen molar-refractivity contribution in [3.05, 3.63) is 42.0 Å². The summed E-state index contributed by atoms with van der Waals surface area (Å²) in [7, 11) is 3.08. The Hall–Kier alpha value is -3.50. The Morgan fingerprint density at radius 2 is 1.74 bits per heavy atom. The highest BCUT2D eigenvalue weighted by Gasteiger charge is 2.16. The molecule has 0 aliphatic carbocycles. The van der Waals surface area contributed by atoms with Crippen LogP contribution in [0, 0.1) is 0 Å². The molecule has 0 atom stereocenters. The van der Waals surface area contributed by atoms with E-state index in [2.05, 4.69) is 20.5 Å². The molecule has 2 aromatic carbocycles. The molecule has 2 aliphatic rings. The summed E-state index contributed by atoms with van der Waals surface area (Å²) in [6.45, 7) is 5.49. The van der Waals surface area contributed by atoms with Gasteiger partial charge in [-0.25, -0.2) is 0 Å². The molecule has 182 valence electrons. The van der Waals surface area contributed by atoms with Crippen LogP contribution in [0.5, 0.6) is 23.0 Å². The predicted molar refractivity (Wildman–Crippen MR) is 128 cm³/mol. The Balaban J connectivity index is 1.49. The van der Waals surface area contributed by atoms with Crippen LogP contribution in [0.15, 0.2) is 41.4 Å². The molecule has 2 N–H and O–H groups in total. The Morgan fingerprint density at radius 3 is 2.50 bits per heavy atom. The first-order valence-corrected chi connectivity index (χ1v) is 11.2. The number of benzene rings is 2. The number of carbonyl (C=O) groups excluding carboxylic acids is 1.